The maximum absolute atomic E-state index is 11.3. The molecule has 3 heterocycles. The predicted molar refractivity (Wildman–Crippen MR) is 115 cm³/mol. The molecule has 0 atom stereocenters. The second kappa shape index (κ2) is 6.88. The van der Waals surface area contributed by atoms with Crippen LogP contribution in [0.3, 0.4) is 0 Å². The third-order valence-electron chi connectivity index (χ3n) is 5.91. The first-order chi connectivity index (χ1) is 14.0. The van der Waals surface area contributed by atoms with Crippen LogP contribution in [0.2, 0.25) is 0 Å². The molecule has 29 heavy (non-hydrogen) atoms. The molecule has 5 rings (SSSR count). The summed E-state index contributed by atoms with van der Waals surface area (Å²) in [5, 5.41) is 10.4. The van der Waals surface area contributed by atoms with Crippen LogP contribution in [-0.4, -0.2) is 30.4 Å². The molecule has 1 aromatic carbocycles. The number of carboxylic acid groups (broad SMARTS) is 1. The fraction of sp³-hybridized carbons (Fsp3) is 0.286. The number of halogens is 1. The molecule has 0 unspecified atom stereocenters. The average Bonchev–Trinajstić information content (AvgIpc) is 3.31. The van der Waals surface area contributed by atoms with Gasteiger partial charge in [0.05, 0.1) is 17.1 Å². The minimum atomic E-state index is -0.700. The van der Waals surface area contributed by atoms with Gasteiger partial charge in [-0.05, 0) is 53.7 Å². The number of nitrogens with two attached hydrogens (primary N) is 1. The van der Waals surface area contributed by atoms with Crippen LogP contribution in [0, 0.1) is 5.92 Å². The molecule has 4 N–H and O–H groups in total. The highest BCUT2D eigenvalue weighted by Crippen LogP contribution is 2.39. The summed E-state index contributed by atoms with van der Waals surface area (Å²) in [6, 6.07) is 8.11. The fourth-order valence-corrected chi connectivity index (χ4v) is 4.89. The van der Waals surface area contributed by atoms with Crippen LogP contribution in [0.25, 0.3) is 27.8 Å². The van der Waals surface area contributed by atoms with Crippen LogP contribution in [0.1, 0.15) is 37.4 Å². The van der Waals surface area contributed by atoms with Crippen molar-refractivity contribution in [1.29, 1.82) is 0 Å². The van der Waals surface area contributed by atoms with Crippen LogP contribution in [-0.2, 0) is 4.79 Å². The molecule has 0 radical (unpaired) electrons. The largest absolute Gasteiger partial charge is 0.481 e. The van der Waals surface area contributed by atoms with E-state index in [0.29, 0.717) is 18.7 Å². The molecule has 1 saturated carbocycles. The Hall–Kier alpha value is -2.87. The summed E-state index contributed by atoms with van der Waals surface area (Å²) in [5.41, 5.74) is 9.70. The maximum Gasteiger partial charge on any atom is 0.306 e. The Bertz CT molecular complexity index is 1240. The van der Waals surface area contributed by atoms with Gasteiger partial charge >= 0.3 is 5.97 Å². The van der Waals surface area contributed by atoms with Crippen LogP contribution in [0.15, 0.2) is 41.1 Å². The number of benzene rings is 1. The number of rotatable bonds is 3. The minimum absolute atomic E-state index is 0.199. The number of H-pyrrole nitrogens is 1. The quantitative estimate of drug-likeness (QED) is 0.420. The Labute approximate surface area is 175 Å². The predicted octanol–water partition coefficient (Wildman–Crippen LogP) is 4.58. The lowest BCUT2D eigenvalue weighted by Crippen LogP contribution is -2.21. The first-order valence-electron chi connectivity index (χ1n) is 9.65. The highest BCUT2D eigenvalue weighted by molar-refractivity contribution is 9.10. The number of fused-ring (bicyclic) bond motifs is 2. The highest BCUT2D eigenvalue weighted by Gasteiger charge is 2.30. The van der Waals surface area contributed by atoms with Gasteiger partial charge in [-0.3, -0.25) is 9.20 Å². The zero-order valence-corrected chi connectivity index (χ0v) is 17.2. The molecular weight excluding hydrogens is 434 g/mol. The van der Waals surface area contributed by atoms with E-state index in [0.717, 1.165) is 50.9 Å². The van der Waals surface area contributed by atoms with E-state index in [4.69, 9.17) is 10.7 Å². The molecule has 0 spiro atoms. The van der Waals surface area contributed by atoms with Gasteiger partial charge in [0, 0.05) is 28.2 Å². The van der Waals surface area contributed by atoms with Gasteiger partial charge in [-0.25, -0.2) is 9.97 Å². The van der Waals surface area contributed by atoms with E-state index >= 15 is 0 Å². The third-order valence-corrected chi connectivity index (χ3v) is 6.57. The molecule has 0 aliphatic heterocycles. The van der Waals surface area contributed by atoms with Crippen molar-refractivity contribution < 1.29 is 9.90 Å². The fourth-order valence-electron chi connectivity index (χ4n) is 4.41. The van der Waals surface area contributed by atoms with Gasteiger partial charge in [0.25, 0.3) is 0 Å². The summed E-state index contributed by atoms with van der Waals surface area (Å²) in [5.74, 6) is 0.595. The summed E-state index contributed by atoms with van der Waals surface area (Å²) in [4.78, 5) is 24.0. The monoisotopic (exact) mass is 453 g/mol. The molecule has 0 amide bonds. The number of aliphatic carboxylic acids is 1. The summed E-state index contributed by atoms with van der Waals surface area (Å²) in [7, 11) is 0. The first-order valence-corrected chi connectivity index (χ1v) is 10.4. The van der Waals surface area contributed by atoms with E-state index < -0.39 is 5.97 Å². The summed E-state index contributed by atoms with van der Waals surface area (Å²) in [6.45, 7) is 0. The van der Waals surface area contributed by atoms with Gasteiger partial charge in [-0.2, -0.15) is 0 Å². The van der Waals surface area contributed by atoms with Gasteiger partial charge in [-0.15, -0.1) is 0 Å². The lowest BCUT2D eigenvalue weighted by Gasteiger charge is -2.25. The topological polar surface area (TPSA) is 109 Å². The van der Waals surface area contributed by atoms with E-state index in [1.807, 2.05) is 28.8 Å². The molecular formula is C21H20BrN5O2. The Morgan fingerprint density at radius 3 is 2.79 bits per heavy atom. The second-order valence-corrected chi connectivity index (χ2v) is 8.48. The number of nitrogens with zero attached hydrogens (tertiary/aromatic N) is 3. The Kier molecular flexibility index (Phi) is 4.31. The molecule has 148 valence electrons. The number of aromatic amines is 1. The number of para-hydroxylation sites is 1. The van der Waals surface area contributed by atoms with Crippen molar-refractivity contribution in [1.82, 2.24) is 19.4 Å². The lowest BCUT2D eigenvalue weighted by atomic mass is 9.81. The van der Waals surface area contributed by atoms with Gasteiger partial charge < -0.3 is 15.8 Å². The van der Waals surface area contributed by atoms with Gasteiger partial charge in [0.1, 0.15) is 22.9 Å². The zero-order chi connectivity index (χ0) is 20.1. The number of hydrogen-bond donors (Lipinski definition) is 3. The van der Waals surface area contributed by atoms with Gasteiger partial charge in [-0.1, -0.05) is 12.1 Å². The normalized spacial score (nSPS) is 19.8. The van der Waals surface area contributed by atoms with Crippen LogP contribution >= 0.6 is 15.9 Å². The van der Waals surface area contributed by atoms with Gasteiger partial charge in [0.2, 0.25) is 0 Å². The second-order valence-electron chi connectivity index (χ2n) is 7.62. The molecule has 1 fully saturated rings. The number of nitrogens with one attached hydrogen (secondary N) is 1. The smallest absolute Gasteiger partial charge is 0.306 e. The van der Waals surface area contributed by atoms with Crippen molar-refractivity contribution in [3.05, 3.63) is 47.0 Å². The zero-order valence-electron chi connectivity index (χ0n) is 15.6. The number of carboxylic acids is 1. The van der Waals surface area contributed by atoms with E-state index in [2.05, 4.69) is 32.0 Å². The Morgan fingerprint density at radius 1 is 1.28 bits per heavy atom. The first kappa shape index (κ1) is 18.2. The molecule has 1 aliphatic carbocycles. The molecule has 0 saturated heterocycles. The number of aromatic nitrogens is 4. The van der Waals surface area contributed by atoms with Crippen molar-refractivity contribution >= 4 is 44.1 Å². The average molecular weight is 454 g/mol. The van der Waals surface area contributed by atoms with Crippen molar-refractivity contribution in [2.24, 2.45) is 5.92 Å². The molecule has 4 aromatic rings. The number of imidazole rings is 1. The van der Waals surface area contributed by atoms with Crippen molar-refractivity contribution in [2.75, 3.05) is 5.73 Å². The number of anilines is 1. The van der Waals surface area contributed by atoms with E-state index in [1.165, 1.54) is 0 Å². The SMILES string of the molecule is Nc1nccn2c(C3CCC(C(=O)O)CC3)nc(-c3cc4cccc(Br)c4[nH]3)c12. The minimum Gasteiger partial charge on any atom is -0.481 e. The lowest BCUT2D eigenvalue weighted by molar-refractivity contribution is -0.142. The van der Waals surface area contributed by atoms with Crippen molar-refractivity contribution in [3.8, 4) is 11.4 Å². The number of nitrogen functional groups attached to an aromatic ring is 1. The maximum atomic E-state index is 11.3. The van der Waals surface area contributed by atoms with Crippen LogP contribution in [0.4, 0.5) is 5.82 Å². The summed E-state index contributed by atoms with van der Waals surface area (Å²) >= 11 is 3.59. The van der Waals surface area contributed by atoms with Crippen molar-refractivity contribution in [2.45, 2.75) is 31.6 Å². The van der Waals surface area contributed by atoms with E-state index in [9.17, 15) is 9.90 Å². The Morgan fingerprint density at radius 2 is 2.07 bits per heavy atom. The number of carbonyl (C=O) groups is 1. The molecule has 7 nitrogen and oxygen atoms in total. The third kappa shape index (κ3) is 2.98. The van der Waals surface area contributed by atoms with E-state index in [1.54, 1.807) is 6.20 Å². The molecule has 1 aliphatic rings. The molecule has 8 heteroatoms. The van der Waals surface area contributed by atoms with Crippen LogP contribution in [0.5, 0.6) is 0 Å². The Balaban J connectivity index is 1.63. The highest BCUT2D eigenvalue weighted by atomic mass is 79.9. The van der Waals surface area contributed by atoms with Crippen LogP contribution < -0.4 is 5.73 Å². The summed E-state index contributed by atoms with van der Waals surface area (Å²) < 4.78 is 3.01. The molecule has 0 bridgehead atoms. The van der Waals surface area contributed by atoms with Gasteiger partial charge in [0.15, 0.2) is 0 Å². The van der Waals surface area contributed by atoms with Crippen molar-refractivity contribution in [3.63, 3.8) is 0 Å². The number of hydrogen-bond acceptors (Lipinski definition) is 4. The van der Waals surface area contributed by atoms with E-state index in [-0.39, 0.29) is 11.8 Å². The summed E-state index contributed by atoms with van der Waals surface area (Å²) in [6.07, 6.45) is 6.52. The standard InChI is InChI=1S/C21H20BrN5O2/c22-14-3-1-2-13-10-15(25-16(13)14)17-18-19(23)24-8-9-27(18)20(26-17)11-4-6-12(7-5-11)21(28)29/h1-3,8-12,25H,4-7H2,(H2,23,24)(H,28,29). The molecule has 3 aromatic heterocycles.